The molecule has 3 aliphatic rings. The average Bonchev–Trinajstić information content (AvgIpc) is 2.62. The van der Waals surface area contributed by atoms with Crippen LogP contribution < -0.4 is 4.74 Å². The molecule has 0 aromatic heterocycles. The van der Waals surface area contributed by atoms with Crippen LogP contribution in [0.3, 0.4) is 0 Å². The molecular weight excluding hydrogens is 389 g/mol. The van der Waals surface area contributed by atoms with Crippen LogP contribution in [0.4, 0.5) is 18.0 Å². The molecule has 4 rings (SSSR count). The number of likely N-dealkylation sites (tertiary alicyclic amines) is 2. The van der Waals surface area contributed by atoms with Crippen molar-refractivity contribution in [3.63, 3.8) is 0 Å². The maximum absolute atomic E-state index is 12.7. The number of amides is 2. The maximum atomic E-state index is 12.7. The summed E-state index contributed by atoms with van der Waals surface area (Å²) in [6.45, 7) is 2.48. The van der Waals surface area contributed by atoms with E-state index >= 15 is 0 Å². The fraction of sp³-hybridized carbons (Fsp3) is 0.600. The van der Waals surface area contributed by atoms with E-state index in [1.54, 1.807) is 15.9 Å². The molecule has 3 aliphatic heterocycles. The van der Waals surface area contributed by atoms with Gasteiger partial charge in [-0.3, -0.25) is 4.79 Å². The number of urea groups is 1. The second-order valence-electron chi connectivity index (χ2n) is 8.04. The third-order valence-corrected chi connectivity index (χ3v) is 5.77. The zero-order valence-electron chi connectivity index (χ0n) is 15.9. The number of rotatable bonds is 3. The number of carbonyl (C=O) groups excluding carboxylic acids is 2. The van der Waals surface area contributed by atoms with Gasteiger partial charge < -0.3 is 19.3 Å². The lowest BCUT2D eigenvalue weighted by Crippen LogP contribution is -2.59. The first-order valence-electron chi connectivity index (χ1n) is 9.78. The highest BCUT2D eigenvalue weighted by atomic mass is 19.4. The molecule has 3 fully saturated rings. The van der Waals surface area contributed by atoms with Crippen molar-refractivity contribution in [1.29, 1.82) is 0 Å². The number of benzene rings is 1. The summed E-state index contributed by atoms with van der Waals surface area (Å²) in [5, 5.41) is 0. The lowest BCUT2D eigenvalue weighted by atomic mass is 9.88. The number of Topliss-reactive ketones (excluding diaryl/α,β-unsaturated/α-hetero) is 1. The van der Waals surface area contributed by atoms with Crippen LogP contribution in [0.5, 0.6) is 5.75 Å². The number of alkyl halides is 3. The molecule has 0 bridgehead atoms. The predicted molar refractivity (Wildman–Crippen MR) is 96.3 cm³/mol. The van der Waals surface area contributed by atoms with Gasteiger partial charge in [0.15, 0.2) is 5.78 Å². The number of carbonyl (C=O) groups is 2. The number of nitrogens with zero attached hydrogens (tertiary/aromatic N) is 2. The quantitative estimate of drug-likeness (QED) is 0.766. The van der Waals surface area contributed by atoms with E-state index in [-0.39, 0.29) is 42.1 Å². The molecular formula is C20H23F3N2O4. The first-order valence-corrected chi connectivity index (χ1v) is 9.78. The van der Waals surface area contributed by atoms with Gasteiger partial charge in [-0.2, -0.15) is 0 Å². The first-order chi connectivity index (χ1) is 13.8. The fourth-order valence-electron chi connectivity index (χ4n) is 4.41. The minimum absolute atomic E-state index is 0.0353. The van der Waals surface area contributed by atoms with Crippen LogP contribution in [0, 0.1) is 11.8 Å². The van der Waals surface area contributed by atoms with Crippen LogP contribution in [-0.4, -0.2) is 66.9 Å². The first kappa shape index (κ1) is 20.0. The number of hydrogen-bond donors (Lipinski definition) is 0. The summed E-state index contributed by atoms with van der Waals surface area (Å²) in [5.74, 6) is 0.135. The summed E-state index contributed by atoms with van der Waals surface area (Å²) in [4.78, 5) is 27.9. The van der Waals surface area contributed by atoms with Crippen LogP contribution in [0.15, 0.2) is 24.3 Å². The third-order valence-electron chi connectivity index (χ3n) is 5.77. The second kappa shape index (κ2) is 7.85. The van der Waals surface area contributed by atoms with Crippen LogP contribution >= 0.6 is 0 Å². The summed E-state index contributed by atoms with van der Waals surface area (Å²) in [6.07, 6.45) is -2.85. The van der Waals surface area contributed by atoms with Crippen molar-refractivity contribution in [2.45, 2.75) is 31.7 Å². The van der Waals surface area contributed by atoms with Gasteiger partial charge >= 0.3 is 12.4 Å². The standard InChI is InChI=1S/C20H23F3N2O4/c21-20(22,23)29-17-3-1-2-13(7-17)6-14-9-25(10-14)19(27)24-5-4-18-15(11-24)8-16(26)12-28-18/h1-3,7,14-15,18H,4-6,8-12H2/t15-,18+/m1/s1. The summed E-state index contributed by atoms with van der Waals surface area (Å²) in [5.41, 5.74) is 0.752. The Bertz CT molecular complexity index is 779. The van der Waals surface area contributed by atoms with E-state index < -0.39 is 6.36 Å². The van der Waals surface area contributed by atoms with Crippen LogP contribution in [0.25, 0.3) is 0 Å². The monoisotopic (exact) mass is 412 g/mol. The number of halogens is 3. The Morgan fingerprint density at radius 3 is 2.76 bits per heavy atom. The molecule has 0 N–H and O–H groups in total. The van der Waals surface area contributed by atoms with Crippen molar-refractivity contribution in [2.75, 3.05) is 32.8 Å². The van der Waals surface area contributed by atoms with Gasteiger partial charge in [-0.15, -0.1) is 13.2 Å². The summed E-state index contributed by atoms with van der Waals surface area (Å²) < 4.78 is 46.6. The molecule has 1 aromatic rings. The minimum atomic E-state index is -4.71. The molecule has 2 atom stereocenters. The largest absolute Gasteiger partial charge is 0.573 e. The zero-order chi connectivity index (χ0) is 20.6. The molecule has 3 saturated heterocycles. The Morgan fingerprint density at radius 1 is 1.21 bits per heavy atom. The van der Waals surface area contributed by atoms with Crippen molar-refractivity contribution in [2.24, 2.45) is 11.8 Å². The van der Waals surface area contributed by atoms with E-state index in [1.807, 2.05) is 0 Å². The van der Waals surface area contributed by atoms with Gasteiger partial charge in [-0.05, 0) is 36.5 Å². The summed E-state index contributed by atoms with van der Waals surface area (Å²) in [7, 11) is 0. The highest BCUT2D eigenvalue weighted by Gasteiger charge is 2.40. The number of ketones is 1. The molecule has 9 heteroatoms. The van der Waals surface area contributed by atoms with E-state index in [9.17, 15) is 22.8 Å². The Balaban J connectivity index is 1.26. The Hall–Kier alpha value is -2.29. The van der Waals surface area contributed by atoms with Crippen molar-refractivity contribution < 1.29 is 32.2 Å². The zero-order valence-corrected chi connectivity index (χ0v) is 15.9. The van der Waals surface area contributed by atoms with Crippen molar-refractivity contribution >= 4 is 11.8 Å². The van der Waals surface area contributed by atoms with Gasteiger partial charge in [0, 0.05) is 38.5 Å². The number of piperidine rings is 1. The van der Waals surface area contributed by atoms with Crippen molar-refractivity contribution in [1.82, 2.24) is 9.80 Å². The molecule has 0 saturated carbocycles. The minimum Gasteiger partial charge on any atom is -0.406 e. The molecule has 158 valence electrons. The lowest BCUT2D eigenvalue weighted by Gasteiger charge is -2.46. The predicted octanol–water partition coefficient (Wildman–Crippen LogP) is 2.86. The van der Waals surface area contributed by atoms with Gasteiger partial charge in [-0.1, -0.05) is 12.1 Å². The molecule has 1 aromatic carbocycles. The Labute approximate surface area is 166 Å². The molecule has 0 unspecified atom stereocenters. The number of fused-ring (bicyclic) bond motifs is 1. The molecule has 29 heavy (non-hydrogen) atoms. The summed E-state index contributed by atoms with van der Waals surface area (Å²) >= 11 is 0. The number of hydrogen-bond acceptors (Lipinski definition) is 4. The topological polar surface area (TPSA) is 59.1 Å². The van der Waals surface area contributed by atoms with Gasteiger partial charge in [0.1, 0.15) is 12.4 Å². The smallest absolute Gasteiger partial charge is 0.406 e. The summed E-state index contributed by atoms with van der Waals surface area (Å²) in [6, 6.07) is 5.93. The van der Waals surface area contributed by atoms with Gasteiger partial charge in [0.25, 0.3) is 0 Å². The second-order valence-corrected chi connectivity index (χ2v) is 8.04. The SMILES string of the molecule is O=C1CO[C@H]2CCN(C(=O)N3CC(Cc4cccc(OC(F)(F)F)c4)C3)C[C@H]2C1. The van der Waals surface area contributed by atoms with Gasteiger partial charge in [0.05, 0.1) is 6.10 Å². The highest BCUT2D eigenvalue weighted by Crippen LogP contribution is 2.30. The Kier molecular flexibility index (Phi) is 5.42. The molecule has 6 nitrogen and oxygen atoms in total. The van der Waals surface area contributed by atoms with Gasteiger partial charge in [-0.25, -0.2) is 4.79 Å². The van der Waals surface area contributed by atoms with Crippen LogP contribution in [0.2, 0.25) is 0 Å². The third kappa shape index (κ3) is 4.83. The van der Waals surface area contributed by atoms with E-state index in [4.69, 9.17) is 4.74 Å². The molecule has 2 amide bonds. The number of ether oxygens (including phenoxy) is 2. The lowest BCUT2D eigenvalue weighted by molar-refractivity contribution is -0.274. The fourth-order valence-corrected chi connectivity index (χ4v) is 4.41. The van der Waals surface area contributed by atoms with Crippen molar-refractivity contribution in [3.8, 4) is 5.75 Å². The maximum Gasteiger partial charge on any atom is 0.573 e. The van der Waals surface area contributed by atoms with E-state index in [0.717, 1.165) is 12.0 Å². The van der Waals surface area contributed by atoms with Crippen LogP contribution in [0.1, 0.15) is 18.4 Å². The highest BCUT2D eigenvalue weighted by molar-refractivity contribution is 5.81. The molecule has 3 heterocycles. The molecule has 0 aliphatic carbocycles. The molecule has 0 spiro atoms. The van der Waals surface area contributed by atoms with E-state index in [2.05, 4.69) is 4.74 Å². The van der Waals surface area contributed by atoms with Gasteiger partial charge in [0.2, 0.25) is 0 Å². The van der Waals surface area contributed by atoms with E-state index in [1.165, 1.54) is 18.2 Å². The average molecular weight is 412 g/mol. The van der Waals surface area contributed by atoms with Crippen LogP contribution in [-0.2, 0) is 16.0 Å². The molecule has 0 radical (unpaired) electrons. The normalized spacial score (nSPS) is 25.4. The van der Waals surface area contributed by atoms with Crippen molar-refractivity contribution in [3.05, 3.63) is 29.8 Å². The Morgan fingerprint density at radius 2 is 2.00 bits per heavy atom. The van der Waals surface area contributed by atoms with E-state index in [0.29, 0.717) is 39.0 Å².